The van der Waals surface area contributed by atoms with Gasteiger partial charge in [0.15, 0.2) is 0 Å². The lowest BCUT2D eigenvalue weighted by Crippen LogP contribution is -2.47. The van der Waals surface area contributed by atoms with Gasteiger partial charge in [0, 0.05) is 47.5 Å². The molecule has 0 aliphatic carbocycles. The van der Waals surface area contributed by atoms with Gasteiger partial charge >= 0.3 is 0 Å². The first-order chi connectivity index (χ1) is 15.0. The predicted octanol–water partition coefficient (Wildman–Crippen LogP) is 5.50. The Morgan fingerprint density at radius 1 is 1.03 bits per heavy atom. The minimum absolute atomic E-state index is 0.0316. The van der Waals surface area contributed by atoms with Crippen molar-refractivity contribution in [1.29, 1.82) is 0 Å². The lowest BCUT2D eigenvalue weighted by Gasteiger charge is -2.38. The molecule has 31 heavy (non-hydrogen) atoms. The summed E-state index contributed by atoms with van der Waals surface area (Å²) >= 11 is 6.07. The van der Waals surface area contributed by atoms with Crippen LogP contribution in [0.2, 0.25) is 5.02 Å². The second-order valence-corrected chi connectivity index (χ2v) is 8.23. The Morgan fingerprint density at radius 3 is 2.39 bits per heavy atom. The number of carbonyl (C=O) groups excluding carboxylic acids is 1. The number of likely N-dealkylation sites (tertiary alicyclic amines) is 1. The van der Waals surface area contributed by atoms with Crippen molar-refractivity contribution in [2.45, 2.75) is 25.4 Å². The van der Waals surface area contributed by atoms with Crippen LogP contribution < -0.4 is 4.90 Å². The summed E-state index contributed by atoms with van der Waals surface area (Å²) in [6.07, 6.45) is 1.59. The Labute approximate surface area is 186 Å². The van der Waals surface area contributed by atoms with Gasteiger partial charge in [-0.2, -0.15) is 0 Å². The Morgan fingerprint density at radius 2 is 1.71 bits per heavy atom. The zero-order valence-electron chi connectivity index (χ0n) is 17.0. The molecule has 0 unspecified atom stereocenters. The number of phenols is 1. The molecule has 0 atom stereocenters. The summed E-state index contributed by atoms with van der Waals surface area (Å²) in [7, 11) is 0. The van der Waals surface area contributed by atoms with Crippen molar-refractivity contribution in [2.75, 3.05) is 18.0 Å². The third-order valence-electron chi connectivity index (χ3n) is 5.70. The van der Waals surface area contributed by atoms with Crippen LogP contribution in [0.3, 0.4) is 0 Å². The van der Waals surface area contributed by atoms with E-state index >= 15 is 0 Å². The van der Waals surface area contributed by atoms with E-state index in [1.165, 1.54) is 24.3 Å². The zero-order valence-corrected chi connectivity index (χ0v) is 17.8. The van der Waals surface area contributed by atoms with Gasteiger partial charge in [0.25, 0.3) is 5.91 Å². The fourth-order valence-electron chi connectivity index (χ4n) is 4.07. The maximum Gasteiger partial charge on any atom is 0.258 e. The van der Waals surface area contributed by atoms with Crippen molar-refractivity contribution < 1.29 is 14.3 Å². The molecule has 1 aliphatic heterocycles. The van der Waals surface area contributed by atoms with E-state index in [9.17, 15) is 14.3 Å². The fourth-order valence-corrected chi connectivity index (χ4v) is 4.27. The number of amides is 1. The molecule has 1 fully saturated rings. The van der Waals surface area contributed by atoms with Crippen molar-refractivity contribution in [3.63, 3.8) is 0 Å². The monoisotopic (exact) mass is 438 g/mol. The molecule has 0 aromatic heterocycles. The molecule has 1 aliphatic rings. The van der Waals surface area contributed by atoms with Crippen LogP contribution in [0.25, 0.3) is 0 Å². The highest BCUT2D eigenvalue weighted by molar-refractivity contribution is 6.30. The lowest BCUT2D eigenvalue weighted by molar-refractivity contribution is 0.0958. The summed E-state index contributed by atoms with van der Waals surface area (Å²) in [6, 6.07) is 20.4. The smallest absolute Gasteiger partial charge is 0.258 e. The van der Waals surface area contributed by atoms with Crippen LogP contribution >= 0.6 is 11.6 Å². The van der Waals surface area contributed by atoms with Gasteiger partial charge < -0.3 is 10.0 Å². The van der Waals surface area contributed by atoms with Crippen molar-refractivity contribution in [3.8, 4) is 5.75 Å². The summed E-state index contributed by atoms with van der Waals surface area (Å²) in [5, 5.41) is 10.7. The molecule has 4 rings (SSSR count). The van der Waals surface area contributed by atoms with Crippen molar-refractivity contribution in [2.24, 2.45) is 0 Å². The molecule has 4 nitrogen and oxygen atoms in total. The molecule has 3 aromatic rings. The maximum atomic E-state index is 13.4. The van der Waals surface area contributed by atoms with Gasteiger partial charge in [-0.05, 0) is 67.4 Å². The third-order valence-corrected chi connectivity index (χ3v) is 5.94. The molecule has 0 bridgehead atoms. The number of para-hydroxylation sites is 1. The lowest BCUT2D eigenvalue weighted by atomic mass is 10.00. The number of benzene rings is 3. The standard InChI is InChI=1S/C25H24ClFN2O2/c26-20-8-11-24(30)19(16-20)17-28-14-12-23(13-15-28)29(22-4-2-1-3-5-22)25(31)18-6-9-21(27)10-7-18/h1-11,16,23,30H,12-15,17H2. The first kappa shape index (κ1) is 21.3. The molecule has 1 heterocycles. The highest BCUT2D eigenvalue weighted by Crippen LogP contribution is 2.28. The zero-order chi connectivity index (χ0) is 21.8. The molecular weight excluding hydrogens is 415 g/mol. The highest BCUT2D eigenvalue weighted by Gasteiger charge is 2.30. The van der Waals surface area contributed by atoms with E-state index in [1.54, 1.807) is 18.2 Å². The number of halogens is 2. The average molecular weight is 439 g/mol. The Kier molecular flexibility index (Phi) is 6.54. The van der Waals surface area contributed by atoms with Crippen molar-refractivity contribution in [3.05, 3.63) is 94.8 Å². The molecule has 1 saturated heterocycles. The Balaban J connectivity index is 1.50. The van der Waals surface area contributed by atoms with E-state index in [0.29, 0.717) is 17.1 Å². The first-order valence-corrected chi connectivity index (χ1v) is 10.7. The summed E-state index contributed by atoms with van der Waals surface area (Å²) in [6.45, 7) is 2.18. The van der Waals surface area contributed by atoms with Crippen LogP contribution in [0.15, 0.2) is 72.8 Å². The largest absolute Gasteiger partial charge is 0.508 e. The minimum atomic E-state index is -0.361. The molecule has 6 heteroatoms. The normalized spacial score (nSPS) is 15.0. The average Bonchev–Trinajstić information content (AvgIpc) is 2.79. The quantitative estimate of drug-likeness (QED) is 0.572. The van der Waals surface area contributed by atoms with Gasteiger partial charge in [-0.15, -0.1) is 0 Å². The van der Waals surface area contributed by atoms with Crippen molar-refractivity contribution in [1.82, 2.24) is 4.90 Å². The predicted molar refractivity (Wildman–Crippen MR) is 121 cm³/mol. The summed E-state index contributed by atoms with van der Waals surface area (Å²) < 4.78 is 13.3. The third kappa shape index (κ3) is 5.06. The summed E-state index contributed by atoms with van der Waals surface area (Å²) in [5.41, 5.74) is 2.10. The second-order valence-electron chi connectivity index (χ2n) is 7.80. The van der Waals surface area contributed by atoms with Gasteiger partial charge in [-0.1, -0.05) is 29.8 Å². The number of anilines is 1. The number of nitrogens with zero attached hydrogens (tertiary/aromatic N) is 2. The number of piperidine rings is 1. The topological polar surface area (TPSA) is 43.8 Å². The molecule has 0 saturated carbocycles. The number of phenolic OH excluding ortho intramolecular Hbond substituents is 1. The molecule has 1 N–H and O–H groups in total. The molecule has 3 aromatic carbocycles. The minimum Gasteiger partial charge on any atom is -0.508 e. The van der Waals surface area contributed by atoms with Crippen LogP contribution in [0.1, 0.15) is 28.8 Å². The molecule has 1 amide bonds. The molecule has 0 spiro atoms. The highest BCUT2D eigenvalue weighted by atomic mass is 35.5. The molecule has 0 radical (unpaired) electrons. The number of hydrogen-bond donors (Lipinski definition) is 1. The number of aromatic hydroxyl groups is 1. The van der Waals surface area contributed by atoms with Gasteiger partial charge in [0.1, 0.15) is 11.6 Å². The van der Waals surface area contributed by atoms with Crippen molar-refractivity contribution >= 4 is 23.2 Å². The first-order valence-electron chi connectivity index (χ1n) is 10.3. The van der Waals surface area contributed by atoms with Crippen LogP contribution in [0.5, 0.6) is 5.75 Å². The SMILES string of the molecule is O=C(c1ccc(F)cc1)N(c1ccccc1)C1CCN(Cc2cc(Cl)ccc2O)CC1. The molecular formula is C25H24ClFN2O2. The van der Waals surface area contributed by atoms with E-state index < -0.39 is 0 Å². The maximum absolute atomic E-state index is 13.4. The number of carbonyl (C=O) groups is 1. The van der Waals surface area contributed by atoms with E-state index in [1.807, 2.05) is 35.2 Å². The second kappa shape index (κ2) is 9.50. The van der Waals surface area contributed by atoms with Gasteiger partial charge in [0.2, 0.25) is 0 Å². The van der Waals surface area contributed by atoms with E-state index in [-0.39, 0.29) is 23.5 Å². The Hall–Kier alpha value is -2.89. The van der Waals surface area contributed by atoms with Crippen LogP contribution in [-0.2, 0) is 6.54 Å². The number of rotatable bonds is 5. The molecule has 160 valence electrons. The van der Waals surface area contributed by atoms with E-state index in [0.717, 1.165) is 37.2 Å². The van der Waals surface area contributed by atoms with Crippen LogP contribution in [0.4, 0.5) is 10.1 Å². The van der Waals surface area contributed by atoms with E-state index in [4.69, 9.17) is 11.6 Å². The van der Waals surface area contributed by atoms with E-state index in [2.05, 4.69) is 4.90 Å². The van der Waals surface area contributed by atoms with Gasteiger partial charge in [-0.25, -0.2) is 4.39 Å². The summed E-state index contributed by atoms with van der Waals surface area (Å²) in [4.78, 5) is 17.4. The summed E-state index contributed by atoms with van der Waals surface area (Å²) in [5.74, 6) is -0.249. The number of hydrogen-bond acceptors (Lipinski definition) is 3. The van der Waals surface area contributed by atoms with Gasteiger partial charge in [-0.3, -0.25) is 9.69 Å². The fraction of sp³-hybridized carbons (Fsp3) is 0.240. The Bertz CT molecular complexity index is 1040. The van der Waals surface area contributed by atoms with Gasteiger partial charge in [0.05, 0.1) is 0 Å². The van der Waals surface area contributed by atoms with Crippen LogP contribution in [-0.4, -0.2) is 35.0 Å². The van der Waals surface area contributed by atoms with Crippen LogP contribution in [0, 0.1) is 5.82 Å².